The molecule has 0 atom stereocenters. The zero-order valence-corrected chi connectivity index (χ0v) is 14.8. The van der Waals surface area contributed by atoms with Crippen molar-refractivity contribution in [2.45, 2.75) is 24.8 Å². The number of nitrogens with zero attached hydrogens (tertiary/aromatic N) is 6. The molecule has 1 amide bonds. The predicted molar refractivity (Wildman–Crippen MR) is 94.2 cm³/mol. The Balaban J connectivity index is 1.30. The number of ether oxygens (including phenoxy) is 1. The van der Waals surface area contributed by atoms with Crippen LogP contribution in [-0.2, 0) is 7.05 Å². The SMILES string of the molecule is COc1c2ccc(C(=O)N3CC(n4cc(C5CC5)nn4)C3)cc2nn1C. The molecule has 0 N–H and O–H groups in total. The second-order valence-corrected chi connectivity index (χ2v) is 7.13. The number of carbonyl (C=O) groups excluding carboxylic acids is 1. The number of likely N-dealkylation sites (tertiary alicyclic amines) is 1. The molecule has 2 fully saturated rings. The molecule has 8 heteroatoms. The molecule has 5 rings (SSSR count). The number of aryl methyl sites for hydroxylation is 1. The third-order valence-corrected chi connectivity index (χ3v) is 5.27. The first kappa shape index (κ1) is 15.4. The Morgan fingerprint density at radius 2 is 2.08 bits per heavy atom. The minimum atomic E-state index is 0.0234. The number of hydrogen-bond donors (Lipinski definition) is 0. The normalized spacial score (nSPS) is 17.5. The maximum absolute atomic E-state index is 12.7. The molecule has 1 saturated carbocycles. The molecule has 2 aromatic heterocycles. The predicted octanol–water partition coefficient (Wildman–Crippen LogP) is 1.75. The smallest absolute Gasteiger partial charge is 0.254 e. The lowest BCUT2D eigenvalue weighted by Crippen LogP contribution is -2.50. The van der Waals surface area contributed by atoms with Crippen LogP contribution in [0.25, 0.3) is 10.9 Å². The standard InChI is InChI=1S/C18H20N6O2/c1-22-18(26-2)14-6-5-12(7-15(14)20-22)17(25)23-8-13(9-23)24-10-16(19-21-24)11-3-4-11/h5-7,10-11,13H,3-4,8-9H2,1-2H3. The van der Waals surface area contributed by atoms with E-state index in [-0.39, 0.29) is 11.9 Å². The van der Waals surface area contributed by atoms with Crippen molar-refractivity contribution in [3.8, 4) is 5.88 Å². The molecule has 1 aliphatic carbocycles. The minimum Gasteiger partial charge on any atom is -0.481 e. The van der Waals surface area contributed by atoms with Crippen LogP contribution in [0.4, 0.5) is 0 Å². The fraction of sp³-hybridized carbons (Fsp3) is 0.444. The van der Waals surface area contributed by atoms with Crippen molar-refractivity contribution in [3.63, 3.8) is 0 Å². The Bertz CT molecular complexity index is 996. The van der Waals surface area contributed by atoms with E-state index in [4.69, 9.17) is 4.74 Å². The van der Waals surface area contributed by atoms with E-state index in [1.54, 1.807) is 11.8 Å². The minimum absolute atomic E-state index is 0.0234. The molecule has 2 aliphatic rings. The molecule has 3 heterocycles. The van der Waals surface area contributed by atoms with Crippen molar-refractivity contribution in [2.24, 2.45) is 7.05 Å². The molecule has 0 spiro atoms. The molecule has 0 bridgehead atoms. The van der Waals surface area contributed by atoms with Crippen LogP contribution in [0.2, 0.25) is 0 Å². The highest BCUT2D eigenvalue weighted by Crippen LogP contribution is 2.39. The van der Waals surface area contributed by atoms with Gasteiger partial charge in [0.2, 0.25) is 5.88 Å². The van der Waals surface area contributed by atoms with Crippen LogP contribution < -0.4 is 4.74 Å². The highest BCUT2D eigenvalue weighted by Gasteiger charge is 2.35. The van der Waals surface area contributed by atoms with Gasteiger partial charge in [-0.1, -0.05) is 5.21 Å². The Morgan fingerprint density at radius 1 is 1.27 bits per heavy atom. The summed E-state index contributed by atoms with van der Waals surface area (Å²) in [5.74, 6) is 1.32. The zero-order chi connectivity index (χ0) is 17.8. The molecule has 134 valence electrons. The highest BCUT2D eigenvalue weighted by atomic mass is 16.5. The zero-order valence-electron chi connectivity index (χ0n) is 14.8. The lowest BCUT2D eigenvalue weighted by molar-refractivity contribution is 0.0498. The van der Waals surface area contributed by atoms with Crippen LogP contribution in [0.15, 0.2) is 24.4 Å². The molecule has 0 unspecified atom stereocenters. The van der Waals surface area contributed by atoms with E-state index in [2.05, 4.69) is 15.4 Å². The van der Waals surface area contributed by atoms with Gasteiger partial charge in [-0.2, -0.15) is 5.10 Å². The largest absolute Gasteiger partial charge is 0.481 e. The van der Waals surface area contributed by atoms with E-state index in [1.807, 2.05) is 41.0 Å². The highest BCUT2D eigenvalue weighted by molar-refractivity contribution is 5.99. The first-order chi connectivity index (χ1) is 12.6. The van der Waals surface area contributed by atoms with Crippen molar-refractivity contribution in [1.82, 2.24) is 29.7 Å². The van der Waals surface area contributed by atoms with Crippen molar-refractivity contribution in [3.05, 3.63) is 35.7 Å². The van der Waals surface area contributed by atoms with Crippen molar-refractivity contribution in [2.75, 3.05) is 20.2 Å². The Labute approximate surface area is 150 Å². The van der Waals surface area contributed by atoms with Gasteiger partial charge in [-0.05, 0) is 31.0 Å². The van der Waals surface area contributed by atoms with Gasteiger partial charge in [0, 0.05) is 37.8 Å². The summed E-state index contributed by atoms with van der Waals surface area (Å²) in [6.07, 6.45) is 4.47. The van der Waals surface area contributed by atoms with E-state index in [0.29, 0.717) is 30.5 Å². The van der Waals surface area contributed by atoms with Crippen LogP contribution in [0, 0.1) is 0 Å². The van der Waals surface area contributed by atoms with E-state index in [1.165, 1.54) is 12.8 Å². The average Bonchev–Trinajstić information content (AvgIpc) is 3.24. The summed E-state index contributed by atoms with van der Waals surface area (Å²) >= 11 is 0. The van der Waals surface area contributed by atoms with Gasteiger partial charge >= 0.3 is 0 Å². The third-order valence-electron chi connectivity index (χ3n) is 5.27. The second-order valence-electron chi connectivity index (χ2n) is 7.13. The average molecular weight is 352 g/mol. The van der Waals surface area contributed by atoms with Crippen LogP contribution in [0.5, 0.6) is 5.88 Å². The Morgan fingerprint density at radius 3 is 2.81 bits per heavy atom. The summed E-state index contributed by atoms with van der Waals surface area (Å²) in [7, 11) is 3.45. The van der Waals surface area contributed by atoms with Gasteiger partial charge in [0.1, 0.15) is 0 Å². The molecule has 1 saturated heterocycles. The molecular weight excluding hydrogens is 332 g/mol. The van der Waals surface area contributed by atoms with E-state index >= 15 is 0 Å². The van der Waals surface area contributed by atoms with E-state index in [9.17, 15) is 4.79 Å². The summed E-state index contributed by atoms with van der Waals surface area (Å²) < 4.78 is 8.94. The Kier molecular flexibility index (Phi) is 3.28. The van der Waals surface area contributed by atoms with Gasteiger partial charge in [-0.25, -0.2) is 9.36 Å². The van der Waals surface area contributed by atoms with Gasteiger partial charge in [0.15, 0.2) is 0 Å². The number of rotatable bonds is 4. The number of fused-ring (bicyclic) bond motifs is 1. The summed E-state index contributed by atoms with van der Waals surface area (Å²) in [6, 6.07) is 5.78. The summed E-state index contributed by atoms with van der Waals surface area (Å²) in [4.78, 5) is 14.6. The molecule has 26 heavy (non-hydrogen) atoms. The van der Waals surface area contributed by atoms with E-state index < -0.39 is 0 Å². The van der Waals surface area contributed by atoms with Crippen LogP contribution in [0.3, 0.4) is 0 Å². The Hall–Kier alpha value is -2.90. The number of amides is 1. The second kappa shape index (κ2) is 5.55. The lowest BCUT2D eigenvalue weighted by Gasteiger charge is -2.38. The van der Waals surface area contributed by atoms with Crippen molar-refractivity contribution >= 4 is 16.8 Å². The fourth-order valence-electron chi connectivity index (χ4n) is 3.56. The quantitative estimate of drug-likeness (QED) is 0.715. The number of carbonyl (C=O) groups is 1. The number of methoxy groups -OCH3 is 1. The van der Waals surface area contributed by atoms with Gasteiger partial charge in [-0.15, -0.1) is 5.10 Å². The van der Waals surface area contributed by atoms with Gasteiger partial charge in [0.05, 0.1) is 29.7 Å². The molecule has 1 aromatic carbocycles. The maximum atomic E-state index is 12.7. The molecule has 1 aliphatic heterocycles. The molecule has 3 aromatic rings. The number of hydrogen-bond acceptors (Lipinski definition) is 5. The third kappa shape index (κ3) is 2.36. The topological polar surface area (TPSA) is 78.1 Å². The summed E-state index contributed by atoms with van der Waals surface area (Å²) in [5, 5.41) is 13.8. The van der Waals surface area contributed by atoms with E-state index in [0.717, 1.165) is 16.6 Å². The van der Waals surface area contributed by atoms with Crippen molar-refractivity contribution < 1.29 is 9.53 Å². The van der Waals surface area contributed by atoms with Gasteiger partial charge < -0.3 is 9.64 Å². The molecule has 0 radical (unpaired) electrons. The van der Waals surface area contributed by atoms with Gasteiger partial charge in [-0.3, -0.25) is 4.79 Å². The van der Waals surface area contributed by atoms with Crippen molar-refractivity contribution in [1.29, 1.82) is 0 Å². The van der Waals surface area contributed by atoms with Crippen LogP contribution >= 0.6 is 0 Å². The van der Waals surface area contributed by atoms with Gasteiger partial charge in [0.25, 0.3) is 5.91 Å². The fourth-order valence-corrected chi connectivity index (χ4v) is 3.56. The summed E-state index contributed by atoms with van der Waals surface area (Å²) in [6.45, 7) is 1.33. The first-order valence-corrected chi connectivity index (χ1v) is 8.86. The maximum Gasteiger partial charge on any atom is 0.254 e. The van der Waals surface area contributed by atoms with Crippen LogP contribution in [-0.4, -0.2) is 55.8 Å². The number of aromatic nitrogens is 5. The number of benzene rings is 1. The first-order valence-electron chi connectivity index (χ1n) is 8.86. The van der Waals surface area contributed by atoms with Crippen LogP contribution in [0.1, 0.15) is 40.9 Å². The molecular formula is C18H20N6O2. The molecule has 8 nitrogen and oxygen atoms in total. The summed E-state index contributed by atoms with van der Waals surface area (Å²) in [5.41, 5.74) is 2.50. The lowest BCUT2D eigenvalue weighted by atomic mass is 10.1. The monoisotopic (exact) mass is 352 g/mol.